The summed E-state index contributed by atoms with van der Waals surface area (Å²) in [5.41, 5.74) is 0. The normalized spacial score (nSPS) is 14.1. The molecular formula is C39H69NO5S. The van der Waals surface area contributed by atoms with Crippen LogP contribution in [-0.4, -0.2) is 41.9 Å². The number of carbonyl (C=O) groups excluding carboxylic acids is 1. The fourth-order valence-electron chi connectivity index (χ4n) is 5.20. The standard InChI is InChI=1S/C39H69NO5S/c1-3-5-7-9-11-13-14-15-16-17-18-19-20-21-22-23-24-25-26-27-29-31-33-35-39(42)40-37(36-46(43,44)45)38(41)34-32-30-28-12-10-8-6-4-2/h5,7,11,13,15-16,18-19,32,34,37-38,41H,3-4,6,8-10,12,14,17,20-31,33,35-36H2,1-2H3,(H,40,42)(H,43,44,45)/b7-5-,13-11-,16-15-,19-18-,34-32+. The molecule has 0 aromatic carbocycles. The minimum absolute atomic E-state index is 0.287. The Morgan fingerprint density at radius 1 is 0.609 bits per heavy atom. The van der Waals surface area contributed by atoms with Gasteiger partial charge in [-0.15, -0.1) is 0 Å². The van der Waals surface area contributed by atoms with E-state index in [9.17, 15) is 22.9 Å². The second-order valence-electron chi connectivity index (χ2n) is 12.5. The van der Waals surface area contributed by atoms with Gasteiger partial charge < -0.3 is 10.4 Å². The van der Waals surface area contributed by atoms with Gasteiger partial charge in [-0.25, -0.2) is 0 Å². The second kappa shape index (κ2) is 33.0. The van der Waals surface area contributed by atoms with Gasteiger partial charge in [0.25, 0.3) is 10.1 Å². The summed E-state index contributed by atoms with van der Waals surface area (Å²) in [6, 6.07) is -1.06. The number of carbonyl (C=O) groups is 1. The van der Waals surface area contributed by atoms with Gasteiger partial charge in [-0.3, -0.25) is 9.35 Å². The zero-order valence-electron chi connectivity index (χ0n) is 29.4. The Labute approximate surface area is 283 Å². The number of nitrogens with one attached hydrogen (secondary N) is 1. The molecule has 0 aromatic rings. The molecule has 0 heterocycles. The number of aliphatic hydroxyl groups excluding tert-OH is 1. The summed E-state index contributed by atoms with van der Waals surface area (Å²) in [5, 5.41) is 13.1. The second-order valence-corrected chi connectivity index (χ2v) is 14.0. The zero-order valence-corrected chi connectivity index (χ0v) is 30.2. The Bertz CT molecular complexity index is 951. The lowest BCUT2D eigenvalue weighted by molar-refractivity contribution is -0.122. The molecule has 0 saturated carbocycles. The molecule has 0 aliphatic heterocycles. The maximum atomic E-state index is 12.4. The van der Waals surface area contributed by atoms with Crippen LogP contribution in [-0.2, 0) is 14.9 Å². The topological polar surface area (TPSA) is 104 Å². The van der Waals surface area contributed by atoms with Crippen molar-refractivity contribution in [1.29, 1.82) is 0 Å². The van der Waals surface area contributed by atoms with E-state index in [1.165, 1.54) is 70.3 Å². The van der Waals surface area contributed by atoms with Crippen molar-refractivity contribution in [1.82, 2.24) is 5.32 Å². The first kappa shape index (κ1) is 44.0. The fourth-order valence-corrected chi connectivity index (χ4v) is 5.94. The highest BCUT2D eigenvalue weighted by atomic mass is 32.2. The molecule has 0 aromatic heterocycles. The van der Waals surface area contributed by atoms with Crippen molar-refractivity contribution >= 4 is 16.0 Å². The van der Waals surface area contributed by atoms with E-state index in [1.807, 2.05) is 6.08 Å². The first-order chi connectivity index (χ1) is 22.3. The van der Waals surface area contributed by atoms with Gasteiger partial charge in [0.15, 0.2) is 0 Å². The van der Waals surface area contributed by atoms with Gasteiger partial charge in [0.1, 0.15) is 0 Å². The first-order valence-electron chi connectivity index (χ1n) is 18.5. The van der Waals surface area contributed by atoms with Gasteiger partial charge in [0, 0.05) is 6.42 Å². The van der Waals surface area contributed by atoms with Crippen molar-refractivity contribution in [2.24, 2.45) is 0 Å². The van der Waals surface area contributed by atoms with Crippen molar-refractivity contribution < 1.29 is 22.9 Å². The molecular weight excluding hydrogens is 594 g/mol. The van der Waals surface area contributed by atoms with Crippen molar-refractivity contribution in [3.8, 4) is 0 Å². The maximum absolute atomic E-state index is 12.4. The molecule has 3 N–H and O–H groups in total. The number of amides is 1. The predicted molar refractivity (Wildman–Crippen MR) is 198 cm³/mol. The van der Waals surface area contributed by atoms with Gasteiger partial charge in [-0.05, 0) is 57.8 Å². The average Bonchev–Trinajstić information content (AvgIpc) is 3.01. The van der Waals surface area contributed by atoms with E-state index < -0.39 is 28.0 Å². The number of unbranched alkanes of at least 4 members (excludes halogenated alkanes) is 16. The Morgan fingerprint density at radius 2 is 1.04 bits per heavy atom. The molecule has 6 nitrogen and oxygen atoms in total. The molecule has 266 valence electrons. The van der Waals surface area contributed by atoms with Crippen LogP contribution in [0, 0.1) is 0 Å². The number of hydrogen-bond donors (Lipinski definition) is 3. The largest absolute Gasteiger partial charge is 0.387 e. The minimum atomic E-state index is -4.34. The highest BCUT2D eigenvalue weighted by Gasteiger charge is 2.24. The van der Waals surface area contributed by atoms with Crippen LogP contribution < -0.4 is 5.32 Å². The monoisotopic (exact) mass is 663 g/mol. The Balaban J connectivity index is 3.85. The Morgan fingerprint density at radius 3 is 1.54 bits per heavy atom. The van der Waals surface area contributed by atoms with E-state index in [2.05, 4.69) is 67.8 Å². The SMILES string of the molecule is CC/C=C\C/C=C\C/C=C\C/C=C\CCCCCCCCCCCCC(=O)NC(CS(=O)(=O)O)C(O)/C=C/CCCCCCCC. The minimum Gasteiger partial charge on any atom is -0.387 e. The fraction of sp³-hybridized carbons (Fsp3) is 0.718. The summed E-state index contributed by atoms with van der Waals surface area (Å²) in [7, 11) is -4.34. The Hall–Kier alpha value is -1.96. The molecule has 1 amide bonds. The number of rotatable bonds is 32. The molecule has 0 rings (SSSR count). The summed E-state index contributed by atoms with van der Waals surface area (Å²) in [4.78, 5) is 12.4. The van der Waals surface area contributed by atoms with Gasteiger partial charge in [0.05, 0.1) is 17.9 Å². The maximum Gasteiger partial charge on any atom is 0.267 e. The summed E-state index contributed by atoms with van der Waals surface area (Å²) in [6.45, 7) is 4.34. The molecule has 0 radical (unpaired) electrons. The van der Waals surface area contributed by atoms with Crippen molar-refractivity contribution in [2.45, 2.75) is 174 Å². The lowest BCUT2D eigenvalue weighted by Crippen LogP contribution is -2.46. The van der Waals surface area contributed by atoms with E-state index in [0.29, 0.717) is 0 Å². The quantitative estimate of drug-likeness (QED) is 0.0377. The van der Waals surface area contributed by atoms with E-state index in [1.54, 1.807) is 0 Å². The van der Waals surface area contributed by atoms with Gasteiger partial charge in [0.2, 0.25) is 5.91 Å². The molecule has 2 atom stereocenters. The summed E-state index contributed by atoms with van der Waals surface area (Å²) in [5.74, 6) is -0.992. The average molecular weight is 664 g/mol. The lowest BCUT2D eigenvalue weighted by atomic mass is 10.0. The number of allylic oxidation sites excluding steroid dienone is 9. The van der Waals surface area contributed by atoms with Crippen molar-refractivity contribution in [3.05, 3.63) is 60.8 Å². The lowest BCUT2D eigenvalue weighted by Gasteiger charge is -2.21. The van der Waals surface area contributed by atoms with E-state index in [4.69, 9.17) is 0 Å². The first-order valence-corrected chi connectivity index (χ1v) is 20.1. The van der Waals surface area contributed by atoms with Crippen LogP contribution in [0.5, 0.6) is 0 Å². The summed E-state index contributed by atoms with van der Waals surface area (Å²) >= 11 is 0. The Kier molecular flexibility index (Phi) is 31.6. The molecule has 0 aliphatic rings. The molecule has 0 saturated heterocycles. The van der Waals surface area contributed by atoms with Crippen LogP contribution in [0.15, 0.2) is 60.8 Å². The zero-order chi connectivity index (χ0) is 34.0. The third kappa shape index (κ3) is 33.4. The molecule has 0 aliphatic carbocycles. The molecule has 46 heavy (non-hydrogen) atoms. The number of hydrogen-bond acceptors (Lipinski definition) is 4. The predicted octanol–water partition coefficient (Wildman–Crippen LogP) is 10.5. The highest BCUT2D eigenvalue weighted by Crippen LogP contribution is 2.13. The van der Waals surface area contributed by atoms with Crippen LogP contribution in [0.4, 0.5) is 0 Å². The summed E-state index contributed by atoms with van der Waals surface area (Å²) < 4.78 is 32.2. The third-order valence-corrected chi connectivity index (χ3v) is 8.73. The van der Waals surface area contributed by atoms with Gasteiger partial charge >= 0.3 is 0 Å². The molecule has 2 unspecified atom stereocenters. The van der Waals surface area contributed by atoms with Crippen LogP contribution in [0.3, 0.4) is 0 Å². The van der Waals surface area contributed by atoms with Crippen molar-refractivity contribution in [2.75, 3.05) is 5.75 Å². The molecule has 7 heteroatoms. The third-order valence-electron chi connectivity index (χ3n) is 7.95. The van der Waals surface area contributed by atoms with Crippen LogP contribution in [0.1, 0.15) is 162 Å². The smallest absolute Gasteiger partial charge is 0.267 e. The van der Waals surface area contributed by atoms with E-state index >= 15 is 0 Å². The van der Waals surface area contributed by atoms with Crippen LogP contribution in [0.2, 0.25) is 0 Å². The van der Waals surface area contributed by atoms with Crippen LogP contribution >= 0.6 is 0 Å². The van der Waals surface area contributed by atoms with Crippen LogP contribution in [0.25, 0.3) is 0 Å². The molecule has 0 spiro atoms. The number of aliphatic hydroxyl groups is 1. The van der Waals surface area contributed by atoms with Gasteiger partial charge in [-0.1, -0.05) is 158 Å². The van der Waals surface area contributed by atoms with Gasteiger partial charge in [-0.2, -0.15) is 8.42 Å². The molecule has 0 bridgehead atoms. The van der Waals surface area contributed by atoms with Crippen molar-refractivity contribution in [3.63, 3.8) is 0 Å². The molecule has 0 fully saturated rings. The highest BCUT2D eigenvalue weighted by molar-refractivity contribution is 7.85. The summed E-state index contributed by atoms with van der Waals surface area (Å²) in [6.07, 6.45) is 45.1. The van der Waals surface area contributed by atoms with E-state index in [0.717, 1.165) is 77.0 Å². The van der Waals surface area contributed by atoms with E-state index in [-0.39, 0.29) is 12.3 Å².